The van der Waals surface area contributed by atoms with Crippen LogP contribution in [0.15, 0.2) is 0 Å². The Morgan fingerprint density at radius 1 is 1.19 bits per heavy atom. The smallest absolute Gasteiger partial charge is 0.410 e. The molecule has 0 bridgehead atoms. The number of carbonyl (C=O) groups is 2. The minimum atomic E-state index is -0.445. The number of amides is 2. The molecule has 0 aromatic rings. The van der Waals surface area contributed by atoms with Crippen molar-refractivity contribution in [1.29, 1.82) is 0 Å². The van der Waals surface area contributed by atoms with Gasteiger partial charge in [0.15, 0.2) is 0 Å². The summed E-state index contributed by atoms with van der Waals surface area (Å²) in [6.07, 6.45) is 0.694. The summed E-state index contributed by atoms with van der Waals surface area (Å²) in [5.74, 6) is 0.0111. The first-order valence-electron chi connectivity index (χ1n) is 7.65. The molecule has 1 saturated heterocycles. The molecule has 6 nitrogen and oxygen atoms in total. The van der Waals surface area contributed by atoms with E-state index >= 15 is 0 Å². The van der Waals surface area contributed by atoms with E-state index in [4.69, 9.17) is 4.74 Å². The zero-order valence-electron chi connectivity index (χ0n) is 13.9. The van der Waals surface area contributed by atoms with Gasteiger partial charge in [-0.25, -0.2) is 4.79 Å². The molecule has 0 spiro atoms. The van der Waals surface area contributed by atoms with E-state index in [1.165, 1.54) is 6.92 Å². The number of hydrogen-bond acceptors (Lipinski definition) is 4. The molecule has 0 aliphatic carbocycles. The highest BCUT2D eigenvalue weighted by Gasteiger charge is 2.27. The maximum absolute atomic E-state index is 12.0. The summed E-state index contributed by atoms with van der Waals surface area (Å²) in [5.41, 5.74) is -0.445. The summed E-state index contributed by atoms with van der Waals surface area (Å²) in [4.78, 5) is 26.9. The van der Waals surface area contributed by atoms with E-state index in [9.17, 15) is 9.59 Å². The van der Waals surface area contributed by atoms with Crippen molar-refractivity contribution in [2.75, 3.05) is 32.7 Å². The van der Waals surface area contributed by atoms with Crippen molar-refractivity contribution in [2.45, 2.75) is 52.7 Å². The Balaban J connectivity index is 2.31. The molecule has 1 atom stereocenters. The standard InChI is InChI=1S/C15H29N3O3/c1-12(6-7-16-13(2)19)17-8-10-18(11-9-17)14(20)21-15(3,4)5/h12H,6-11H2,1-5H3,(H,16,19). The van der Waals surface area contributed by atoms with Crippen LogP contribution >= 0.6 is 0 Å². The molecule has 1 fully saturated rings. The highest BCUT2D eigenvalue weighted by atomic mass is 16.6. The molecule has 0 radical (unpaired) electrons. The van der Waals surface area contributed by atoms with E-state index in [2.05, 4.69) is 17.1 Å². The Kier molecular flexibility index (Phi) is 6.45. The third kappa shape index (κ3) is 6.80. The second-order valence-corrected chi connectivity index (χ2v) is 6.62. The second kappa shape index (κ2) is 7.64. The van der Waals surface area contributed by atoms with Crippen LogP contribution in [0.5, 0.6) is 0 Å². The summed E-state index contributed by atoms with van der Waals surface area (Å²) < 4.78 is 5.39. The predicted molar refractivity (Wildman–Crippen MR) is 82.1 cm³/mol. The van der Waals surface area contributed by atoms with Gasteiger partial charge in [-0.1, -0.05) is 0 Å². The Bertz CT molecular complexity index is 358. The molecule has 2 amide bonds. The molecule has 122 valence electrons. The van der Waals surface area contributed by atoms with Crippen LogP contribution in [-0.4, -0.2) is 66.2 Å². The quantitative estimate of drug-likeness (QED) is 0.853. The number of ether oxygens (including phenoxy) is 1. The van der Waals surface area contributed by atoms with E-state index in [0.717, 1.165) is 19.5 Å². The van der Waals surface area contributed by atoms with E-state index < -0.39 is 5.60 Å². The van der Waals surface area contributed by atoms with Crippen LogP contribution in [0.3, 0.4) is 0 Å². The van der Waals surface area contributed by atoms with Crippen LogP contribution < -0.4 is 5.32 Å². The average molecular weight is 299 g/mol. The molecule has 1 N–H and O–H groups in total. The number of hydrogen-bond donors (Lipinski definition) is 1. The largest absolute Gasteiger partial charge is 0.444 e. The van der Waals surface area contributed by atoms with Gasteiger partial charge >= 0.3 is 6.09 Å². The van der Waals surface area contributed by atoms with Crippen LogP contribution in [0.2, 0.25) is 0 Å². The zero-order chi connectivity index (χ0) is 16.0. The van der Waals surface area contributed by atoms with E-state index in [0.29, 0.717) is 25.7 Å². The van der Waals surface area contributed by atoms with Gasteiger partial charge in [-0.3, -0.25) is 9.69 Å². The van der Waals surface area contributed by atoms with E-state index in [1.54, 1.807) is 4.90 Å². The fourth-order valence-corrected chi connectivity index (χ4v) is 2.31. The van der Waals surface area contributed by atoms with Crippen molar-refractivity contribution in [2.24, 2.45) is 0 Å². The lowest BCUT2D eigenvalue weighted by Crippen LogP contribution is -2.52. The molecule has 0 aromatic heterocycles. The Morgan fingerprint density at radius 2 is 1.76 bits per heavy atom. The van der Waals surface area contributed by atoms with Gasteiger partial charge in [0.1, 0.15) is 5.60 Å². The molecule has 1 aliphatic heterocycles. The maximum atomic E-state index is 12.0. The van der Waals surface area contributed by atoms with Crippen molar-refractivity contribution in [3.63, 3.8) is 0 Å². The van der Waals surface area contributed by atoms with Gasteiger partial charge < -0.3 is 15.0 Å². The monoisotopic (exact) mass is 299 g/mol. The molecule has 1 unspecified atom stereocenters. The first kappa shape index (κ1) is 17.8. The normalized spacial score (nSPS) is 18.2. The number of rotatable bonds is 4. The van der Waals surface area contributed by atoms with Gasteiger partial charge in [-0.2, -0.15) is 0 Å². The van der Waals surface area contributed by atoms with Crippen molar-refractivity contribution in [1.82, 2.24) is 15.1 Å². The van der Waals surface area contributed by atoms with Crippen LogP contribution in [0.1, 0.15) is 41.0 Å². The first-order chi connectivity index (χ1) is 9.69. The molecule has 6 heteroatoms. The minimum Gasteiger partial charge on any atom is -0.444 e. The highest BCUT2D eigenvalue weighted by Crippen LogP contribution is 2.13. The predicted octanol–water partition coefficient (Wildman–Crippen LogP) is 1.45. The number of carbonyl (C=O) groups excluding carboxylic acids is 2. The first-order valence-corrected chi connectivity index (χ1v) is 7.65. The summed E-state index contributed by atoms with van der Waals surface area (Å²) >= 11 is 0. The van der Waals surface area contributed by atoms with Gasteiger partial charge in [-0.05, 0) is 34.1 Å². The third-order valence-electron chi connectivity index (χ3n) is 3.53. The van der Waals surface area contributed by atoms with Crippen LogP contribution in [0.25, 0.3) is 0 Å². The van der Waals surface area contributed by atoms with Crippen molar-refractivity contribution < 1.29 is 14.3 Å². The molecular formula is C15H29N3O3. The highest BCUT2D eigenvalue weighted by molar-refractivity contribution is 5.72. The van der Waals surface area contributed by atoms with Crippen molar-refractivity contribution in [3.05, 3.63) is 0 Å². The summed E-state index contributed by atoms with van der Waals surface area (Å²) in [6, 6.07) is 0.401. The van der Waals surface area contributed by atoms with Crippen molar-refractivity contribution in [3.8, 4) is 0 Å². The van der Waals surface area contributed by atoms with Crippen molar-refractivity contribution >= 4 is 12.0 Å². The number of nitrogens with zero attached hydrogens (tertiary/aromatic N) is 2. The van der Waals surface area contributed by atoms with Crippen LogP contribution in [-0.2, 0) is 9.53 Å². The average Bonchev–Trinajstić information content (AvgIpc) is 2.36. The Morgan fingerprint density at radius 3 is 2.24 bits per heavy atom. The van der Waals surface area contributed by atoms with Gasteiger partial charge in [0.2, 0.25) is 5.91 Å². The lowest BCUT2D eigenvalue weighted by Gasteiger charge is -2.38. The van der Waals surface area contributed by atoms with E-state index in [1.807, 2.05) is 20.8 Å². The fraction of sp³-hybridized carbons (Fsp3) is 0.867. The summed E-state index contributed by atoms with van der Waals surface area (Å²) in [5, 5.41) is 2.82. The van der Waals surface area contributed by atoms with Gasteiger partial charge in [0.05, 0.1) is 0 Å². The minimum absolute atomic E-state index is 0.0111. The molecule has 21 heavy (non-hydrogen) atoms. The molecule has 1 aliphatic rings. The molecule has 1 rings (SSSR count). The molecule has 0 aromatic carbocycles. The molecular weight excluding hydrogens is 270 g/mol. The number of nitrogens with one attached hydrogen (secondary N) is 1. The number of piperazine rings is 1. The molecule has 0 saturated carbocycles. The van der Waals surface area contributed by atoms with Gasteiger partial charge in [-0.15, -0.1) is 0 Å². The van der Waals surface area contributed by atoms with Crippen LogP contribution in [0, 0.1) is 0 Å². The summed E-state index contributed by atoms with van der Waals surface area (Å²) in [6.45, 7) is 13.1. The summed E-state index contributed by atoms with van der Waals surface area (Å²) in [7, 11) is 0. The SMILES string of the molecule is CC(=O)NCCC(C)N1CCN(C(=O)OC(C)(C)C)CC1. The lowest BCUT2D eigenvalue weighted by molar-refractivity contribution is -0.119. The topological polar surface area (TPSA) is 61.9 Å². The van der Waals surface area contributed by atoms with Gasteiger partial charge in [0.25, 0.3) is 0 Å². The van der Waals surface area contributed by atoms with E-state index in [-0.39, 0.29) is 12.0 Å². The second-order valence-electron chi connectivity index (χ2n) is 6.62. The third-order valence-corrected chi connectivity index (χ3v) is 3.53. The zero-order valence-corrected chi connectivity index (χ0v) is 13.9. The fourth-order valence-electron chi connectivity index (χ4n) is 2.31. The van der Waals surface area contributed by atoms with Gasteiger partial charge in [0, 0.05) is 45.7 Å². The lowest BCUT2D eigenvalue weighted by atomic mass is 10.1. The van der Waals surface area contributed by atoms with Crippen LogP contribution in [0.4, 0.5) is 4.79 Å². The Hall–Kier alpha value is -1.30. The molecule has 1 heterocycles. The maximum Gasteiger partial charge on any atom is 0.410 e. The Labute approximate surface area is 127 Å².